The number of fused-ring (bicyclic) bond motifs is 1. The molecule has 8 heteroatoms. The fraction of sp³-hybridized carbons (Fsp3) is 0.421. The molecule has 3 aromatic rings. The lowest BCUT2D eigenvalue weighted by atomic mass is 10.0. The first kappa shape index (κ1) is 17.7. The van der Waals surface area contributed by atoms with Gasteiger partial charge in [-0.3, -0.25) is 0 Å². The van der Waals surface area contributed by atoms with Gasteiger partial charge >= 0.3 is 0 Å². The normalized spacial score (nSPS) is 16.7. The first-order chi connectivity index (χ1) is 13.3. The number of nitrogens with one attached hydrogen (secondary N) is 2. The Labute approximate surface area is 157 Å². The van der Waals surface area contributed by atoms with Crippen LogP contribution in [0.25, 0.3) is 11.1 Å². The number of para-hydroxylation sites is 2. The molecular weight excluding hydrogens is 346 g/mol. The molecule has 0 radical (unpaired) electrons. The molecule has 0 bridgehead atoms. The number of aliphatic hydroxyl groups is 1. The average molecular weight is 369 g/mol. The zero-order valence-corrected chi connectivity index (χ0v) is 15.0. The predicted octanol–water partition coefficient (Wildman–Crippen LogP) is 2.18. The van der Waals surface area contributed by atoms with Gasteiger partial charge in [-0.25, -0.2) is 9.97 Å². The van der Waals surface area contributed by atoms with E-state index in [1.807, 2.05) is 30.3 Å². The highest BCUT2D eigenvalue weighted by Crippen LogP contribution is 2.26. The Morgan fingerprint density at radius 2 is 2.04 bits per heavy atom. The molecule has 142 valence electrons. The Bertz CT molecular complexity index is 859. The molecule has 1 aromatic carbocycles. The molecule has 3 N–H and O–H groups in total. The molecule has 2 aromatic heterocycles. The summed E-state index contributed by atoms with van der Waals surface area (Å²) >= 11 is 0. The highest BCUT2D eigenvalue weighted by Gasteiger charge is 2.20. The van der Waals surface area contributed by atoms with Gasteiger partial charge in [0.1, 0.15) is 11.3 Å². The molecule has 0 saturated carbocycles. The molecule has 8 nitrogen and oxygen atoms in total. The molecule has 0 aliphatic carbocycles. The number of nitrogens with zero attached hydrogens (tertiary/aromatic N) is 3. The minimum Gasteiger partial charge on any atom is -0.441 e. The third kappa shape index (κ3) is 4.35. The summed E-state index contributed by atoms with van der Waals surface area (Å²) in [5, 5.41) is 15.4. The van der Waals surface area contributed by atoms with E-state index < -0.39 is 0 Å². The maximum absolute atomic E-state index is 9.03. The van der Waals surface area contributed by atoms with Crippen LogP contribution < -0.4 is 10.6 Å². The van der Waals surface area contributed by atoms with Crippen molar-refractivity contribution in [2.24, 2.45) is 0 Å². The van der Waals surface area contributed by atoms with Crippen molar-refractivity contribution in [2.75, 3.05) is 43.5 Å². The SMILES string of the molecule is OCCNc1nc(NCCc2nc3ccccc3o2)cc(C2CCOC2)n1. The van der Waals surface area contributed by atoms with Gasteiger partial charge in [-0.1, -0.05) is 12.1 Å². The van der Waals surface area contributed by atoms with Gasteiger partial charge in [0, 0.05) is 38.1 Å². The lowest BCUT2D eigenvalue weighted by molar-refractivity contribution is 0.193. The quantitative estimate of drug-likeness (QED) is 0.555. The molecule has 0 spiro atoms. The number of hydrogen-bond donors (Lipinski definition) is 3. The van der Waals surface area contributed by atoms with Crippen molar-refractivity contribution in [1.29, 1.82) is 0 Å². The zero-order chi connectivity index (χ0) is 18.5. The van der Waals surface area contributed by atoms with E-state index in [0.717, 1.165) is 35.6 Å². The van der Waals surface area contributed by atoms with Crippen molar-refractivity contribution < 1.29 is 14.3 Å². The first-order valence-electron chi connectivity index (χ1n) is 9.21. The van der Waals surface area contributed by atoms with Gasteiger partial charge in [0.05, 0.1) is 18.9 Å². The highest BCUT2D eigenvalue weighted by molar-refractivity contribution is 5.72. The van der Waals surface area contributed by atoms with Crippen LogP contribution in [0.2, 0.25) is 0 Å². The van der Waals surface area contributed by atoms with Crippen LogP contribution in [-0.2, 0) is 11.2 Å². The molecule has 1 unspecified atom stereocenters. The van der Waals surface area contributed by atoms with Gasteiger partial charge in [0.2, 0.25) is 5.95 Å². The van der Waals surface area contributed by atoms with Gasteiger partial charge < -0.3 is 24.9 Å². The Morgan fingerprint density at radius 3 is 2.85 bits per heavy atom. The molecule has 1 aliphatic rings. The molecule has 1 atom stereocenters. The number of anilines is 2. The predicted molar refractivity (Wildman–Crippen MR) is 102 cm³/mol. The van der Waals surface area contributed by atoms with E-state index in [4.69, 9.17) is 14.3 Å². The minimum atomic E-state index is 0.0284. The summed E-state index contributed by atoms with van der Waals surface area (Å²) in [6.45, 7) is 2.52. The summed E-state index contributed by atoms with van der Waals surface area (Å²) in [4.78, 5) is 13.5. The van der Waals surface area contributed by atoms with Crippen LogP contribution in [0.4, 0.5) is 11.8 Å². The van der Waals surface area contributed by atoms with Crippen molar-refractivity contribution >= 4 is 22.9 Å². The largest absolute Gasteiger partial charge is 0.441 e. The molecule has 3 heterocycles. The van der Waals surface area contributed by atoms with Crippen LogP contribution >= 0.6 is 0 Å². The van der Waals surface area contributed by atoms with Crippen molar-refractivity contribution in [3.05, 3.63) is 41.9 Å². The van der Waals surface area contributed by atoms with E-state index in [1.165, 1.54) is 0 Å². The molecule has 1 saturated heterocycles. The maximum Gasteiger partial charge on any atom is 0.224 e. The molecule has 27 heavy (non-hydrogen) atoms. The van der Waals surface area contributed by atoms with Gasteiger partial charge in [-0.05, 0) is 18.6 Å². The summed E-state index contributed by atoms with van der Waals surface area (Å²) in [5.74, 6) is 2.22. The minimum absolute atomic E-state index is 0.0284. The van der Waals surface area contributed by atoms with E-state index in [9.17, 15) is 0 Å². The Morgan fingerprint density at radius 1 is 1.11 bits per heavy atom. The average Bonchev–Trinajstić information content (AvgIpc) is 3.35. The number of ether oxygens (including phenoxy) is 1. The second-order valence-electron chi connectivity index (χ2n) is 6.46. The summed E-state index contributed by atoms with van der Waals surface area (Å²) in [6, 6.07) is 9.71. The summed E-state index contributed by atoms with van der Waals surface area (Å²) in [5.41, 5.74) is 2.62. The van der Waals surface area contributed by atoms with E-state index in [1.54, 1.807) is 0 Å². The lowest BCUT2D eigenvalue weighted by Gasteiger charge is -2.13. The third-order valence-corrected chi connectivity index (χ3v) is 4.47. The van der Waals surface area contributed by atoms with Crippen LogP contribution in [0.1, 0.15) is 23.9 Å². The first-order valence-corrected chi connectivity index (χ1v) is 9.21. The molecule has 0 amide bonds. The standard InChI is InChI=1S/C19H23N5O3/c25-9-8-21-19-23-15(13-6-10-26-12-13)11-17(24-19)20-7-5-18-22-14-3-1-2-4-16(14)27-18/h1-4,11,13,25H,5-10,12H2,(H2,20,21,23,24). The zero-order valence-electron chi connectivity index (χ0n) is 15.0. The van der Waals surface area contributed by atoms with Crippen LogP contribution in [0.5, 0.6) is 0 Å². The number of hydrogen-bond acceptors (Lipinski definition) is 8. The van der Waals surface area contributed by atoms with Gasteiger partial charge in [0.25, 0.3) is 0 Å². The maximum atomic E-state index is 9.03. The Hall–Kier alpha value is -2.71. The number of aliphatic hydroxyl groups excluding tert-OH is 1. The van der Waals surface area contributed by atoms with Crippen molar-refractivity contribution in [3.63, 3.8) is 0 Å². The molecule has 4 rings (SSSR count). The Balaban J connectivity index is 1.43. The van der Waals surface area contributed by atoms with Crippen LogP contribution in [0.3, 0.4) is 0 Å². The van der Waals surface area contributed by atoms with Gasteiger partial charge in [-0.2, -0.15) is 4.98 Å². The van der Waals surface area contributed by atoms with Crippen LogP contribution in [0.15, 0.2) is 34.7 Å². The van der Waals surface area contributed by atoms with Crippen LogP contribution in [-0.4, -0.2) is 53.0 Å². The number of oxazole rings is 1. The number of benzene rings is 1. The summed E-state index contributed by atoms with van der Waals surface area (Å²) in [7, 11) is 0. The molecular formula is C19H23N5O3. The highest BCUT2D eigenvalue weighted by atomic mass is 16.5. The number of aromatic nitrogens is 3. The fourth-order valence-corrected chi connectivity index (χ4v) is 3.10. The lowest BCUT2D eigenvalue weighted by Crippen LogP contribution is -2.14. The number of rotatable bonds is 8. The van der Waals surface area contributed by atoms with Crippen molar-refractivity contribution in [2.45, 2.75) is 18.8 Å². The van der Waals surface area contributed by atoms with Crippen LogP contribution in [0, 0.1) is 0 Å². The van der Waals surface area contributed by atoms with Gasteiger partial charge in [0.15, 0.2) is 11.5 Å². The van der Waals surface area contributed by atoms with E-state index in [2.05, 4.69) is 25.6 Å². The topological polar surface area (TPSA) is 105 Å². The van der Waals surface area contributed by atoms with Crippen molar-refractivity contribution in [3.8, 4) is 0 Å². The van der Waals surface area contributed by atoms with E-state index in [0.29, 0.717) is 38.0 Å². The second kappa shape index (κ2) is 8.32. The monoisotopic (exact) mass is 369 g/mol. The molecule has 1 aliphatic heterocycles. The summed E-state index contributed by atoms with van der Waals surface area (Å²) < 4.78 is 11.2. The Kier molecular flexibility index (Phi) is 5.45. The third-order valence-electron chi connectivity index (χ3n) is 4.47. The molecule has 1 fully saturated rings. The smallest absolute Gasteiger partial charge is 0.224 e. The summed E-state index contributed by atoms with van der Waals surface area (Å²) in [6.07, 6.45) is 1.61. The van der Waals surface area contributed by atoms with Crippen molar-refractivity contribution in [1.82, 2.24) is 15.0 Å². The fourth-order valence-electron chi connectivity index (χ4n) is 3.10. The van der Waals surface area contributed by atoms with Gasteiger partial charge in [-0.15, -0.1) is 0 Å². The van der Waals surface area contributed by atoms with E-state index in [-0.39, 0.29) is 12.5 Å². The van der Waals surface area contributed by atoms with E-state index >= 15 is 0 Å². The second-order valence-corrected chi connectivity index (χ2v) is 6.46.